The average Bonchev–Trinajstić information content (AvgIpc) is 3.13. The van der Waals surface area contributed by atoms with Gasteiger partial charge in [-0.1, -0.05) is 26.7 Å². The zero-order chi connectivity index (χ0) is 13.6. The van der Waals surface area contributed by atoms with Gasteiger partial charge in [0.25, 0.3) is 0 Å². The van der Waals surface area contributed by atoms with E-state index in [-0.39, 0.29) is 0 Å². The summed E-state index contributed by atoms with van der Waals surface area (Å²) in [4.78, 5) is 0. The van der Waals surface area contributed by atoms with E-state index in [0.29, 0.717) is 5.41 Å². The Morgan fingerprint density at radius 3 is 2.74 bits per heavy atom. The molecule has 1 aromatic heterocycles. The van der Waals surface area contributed by atoms with Crippen LogP contribution in [0, 0.1) is 5.41 Å². The Kier molecular flexibility index (Phi) is 5.90. The summed E-state index contributed by atoms with van der Waals surface area (Å²) in [5.41, 5.74) is 2.06. The monoisotopic (exact) mass is 279 g/mol. The lowest BCUT2D eigenvalue weighted by Crippen LogP contribution is -2.35. The van der Waals surface area contributed by atoms with Crippen LogP contribution in [0.3, 0.4) is 0 Å². The number of nitrogens with one attached hydrogen (secondary N) is 1. The first-order valence-electron chi connectivity index (χ1n) is 8.02. The molecule has 1 heterocycles. The lowest BCUT2D eigenvalue weighted by Gasteiger charge is -2.33. The minimum atomic E-state index is 0.528. The molecule has 0 spiro atoms. The van der Waals surface area contributed by atoms with Crippen molar-refractivity contribution in [1.82, 2.24) is 5.32 Å². The SMILES string of the molecule is CCCCC(CC)(CCc1ccsc1)CNC1CC1. The standard InChI is InChI=1S/C17H29NS/c1-3-5-10-17(4-2,14-18-16-6-7-16)11-8-15-9-12-19-13-15/h9,12-13,16,18H,3-8,10-11,14H2,1-2H3. The van der Waals surface area contributed by atoms with Gasteiger partial charge in [0, 0.05) is 12.6 Å². The second-order valence-electron chi connectivity index (χ2n) is 6.24. The van der Waals surface area contributed by atoms with Crippen LogP contribution in [0.5, 0.6) is 0 Å². The first-order valence-corrected chi connectivity index (χ1v) is 8.97. The van der Waals surface area contributed by atoms with Crippen LogP contribution in [0.25, 0.3) is 0 Å². The number of unbranched alkanes of at least 4 members (excludes halogenated alkanes) is 1. The quantitative estimate of drug-likeness (QED) is 0.634. The van der Waals surface area contributed by atoms with E-state index in [1.54, 1.807) is 0 Å². The van der Waals surface area contributed by atoms with E-state index in [1.165, 1.54) is 63.5 Å². The van der Waals surface area contributed by atoms with E-state index in [9.17, 15) is 0 Å². The molecular weight excluding hydrogens is 250 g/mol. The highest BCUT2D eigenvalue weighted by Gasteiger charge is 2.30. The predicted octanol–water partition coefficient (Wildman–Crippen LogP) is 5.02. The van der Waals surface area contributed by atoms with Gasteiger partial charge in [-0.05, 0) is 66.3 Å². The molecule has 0 aromatic carbocycles. The molecule has 0 amide bonds. The van der Waals surface area contributed by atoms with Gasteiger partial charge < -0.3 is 5.32 Å². The second-order valence-corrected chi connectivity index (χ2v) is 7.02. The van der Waals surface area contributed by atoms with Gasteiger partial charge in [-0.15, -0.1) is 0 Å². The highest BCUT2D eigenvalue weighted by molar-refractivity contribution is 7.07. The zero-order valence-corrected chi connectivity index (χ0v) is 13.4. The maximum atomic E-state index is 3.79. The van der Waals surface area contributed by atoms with E-state index >= 15 is 0 Å². The van der Waals surface area contributed by atoms with Crippen molar-refractivity contribution in [3.63, 3.8) is 0 Å². The number of thiophene rings is 1. The molecule has 0 bridgehead atoms. The number of hydrogen-bond donors (Lipinski definition) is 1. The van der Waals surface area contributed by atoms with Gasteiger partial charge in [-0.2, -0.15) is 11.3 Å². The molecule has 1 N–H and O–H groups in total. The summed E-state index contributed by atoms with van der Waals surface area (Å²) in [5.74, 6) is 0. The normalized spacial score (nSPS) is 18.4. The topological polar surface area (TPSA) is 12.0 Å². The van der Waals surface area contributed by atoms with Crippen molar-refractivity contribution in [3.05, 3.63) is 22.4 Å². The number of aryl methyl sites for hydroxylation is 1. The van der Waals surface area contributed by atoms with E-state index in [2.05, 4.69) is 36.0 Å². The van der Waals surface area contributed by atoms with Crippen molar-refractivity contribution in [3.8, 4) is 0 Å². The summed E-state index contributed by atoms with van der Waals surface area (Å²) < 4.78 is 0. The minimum Gasteiger partial charge on any atom is -0.313 e. The molecule has 19 heavy (non-hydrogen) atoms. The van der Waals surface area contributed by atoms with Gasteiger partial charge >= 0.3 is 0 Å². The Bertz CT molecular complexity index is 342. The molecule has 1 aliphatic rings. The first kappa shape index (κ1) is 15.1. The molecule has 1 atom stereocenters. The van der Waals surface area contributed by atoms with Gasteiger partial charge in [-0.25, -0.2) is 0 Å². The van der Waals surface area contributed by atoms with Crippen LogP contribution in [0.1, 0.15) is 64.4 Å². The first-order chi connectivity index (χ1) is 9.28. The molecule has 0 aliphatic heterocycles. The van der Waals surface area contributed by atoms with Gasteiger partial charge in [-0.3, -0.25) is 0 Å². The number of rotatable bonds is 10. The summed E-state index contributed by atoms with van der Waals surface area (Å²) in [5, 5.41) is 8.31. The lowest BCUT2D eigenvalue weighted by molar-refractivity contribution is 0.211. The Morgan fingerprint density at radius 1 is 1.32 bits per heavy atom. The summed E-state index contributed by atoms with van der Waals surface area (Å²) in [6.07, 6.45) is 10.8. The molecule has 1 fully saturated rings. The van der Waals surface area contributed by atoms with Crippen molar-refractivity contribution < 1.29 is 0 Å². The highest BCUT2D eigenvalue weighted by atomic mass is 32.1. The molecule has 1 aromatic rings. The van der Waals surface area contributed by atoms with Gasteiger partial charge in [0.2, 0.25) is 0 Å². The van der Waals surface area contributed by atoms with E-state index in [1.807, 2.05) is 11.3 Å². The maximum Gasteiger partial charge on any atom is 0.00684 e. The van der Waals surface area contributed by atoms with Crippen LogP contribution in [-0.2, 0) is 6.42 Å². The lowest BCUT2D eigenvalue weighted by atomic mass is 9.75. The molecule has 2 rings (SSSR count). The van der Waals surface area contributed by atoms with Crippen molar-refractivity contribution in [2.45, 2.75) is 71.3 Å². The highest BCUT2D eigenvalue weighted by Crippen LogP contribution is 2.35. The Morgan fingerprint density at radius 2 is 2.16 bits per heavy atom. The van der Waals surface area contributed by atoms with Gasteiger partial charge in [0.1, 0.15) is 0 Å². The largest absolute Gasteiger partial charge is 0.313 e. The Balaban J connectivity index is 1.88. The van der Waals surface area contributed by atoms with Gasteiger partial charge in [0.05, 0.1) is 0 Å². The second kappa shape index (κ2) is 7.44. The van der Waals surface area contributed by atoms with Crippen LogP contribution in [-0.4, -0.2) is 12.6 Å². The summed E-state index contributed by atoms with van der Waals surface area (Å²) in [6, 6.07) is 3.13. The third kappa shape index (κ3) is 4.92. The molecular formula is C17H29NS. The Labute approximate surface area is 122 Å². The fourth-order valence-corrected chi connectivity index (χ4v) is 3.53. The van der Waals surface area contributed by atoms with Crippen LogP contribution < -0.4 is 5.32 Å². The summed E-state index contributed by atoms with van der Waals surface area (Å²) in [6.45, 7) is 5.93. The molecule has 1 nitrogen and oxygen atoms in total. The minimum absolute atomic E-state index is 0.528. The molecule has 1 aliphatic carbocycles. The molecule has 0 radical (unpaired) electrons. The van der Waals surface area contributed by atoms with Crippen LogP contribution in [0.4, 0.5) is 0 Å². The van der Waals surface area contributed by atoms with Crippen LogP contribution in [0.2, 0.25) is 0 Å². The third-order valence-corrected chi connectivity index (χ3v) is 5.41. The van der Waals surface area contributed by atoms with Crippen molar-refractivity contribution >= 4 is 11.3 Å². The molecule has 2 heteroatoms. The fourth-order valence-electron chi connectivity index (χ4n) is 2.82. The predicted molar refractivity (Wildman–Crippen MR) is 85.9 cm³/mol. The van der Waals surface area contributed by atoms with Crippen molar-refractivity contribution in [1.29, 1.82) is 0 Å². The molecule has 108 valence electrons. The summed E-state index contributed by atoms with van der Waals surface area (Å²) in [7, 11) is 0. The average molecular weight is 279 g/mol. The van der Waals surface area contributed by atoms with Gasteiger partial charge in [0.15, 0.2) is 0 Å². The van der Waals surface area contributed by atoms with Crippen LogP contribution >= 0.6 is 11.3 Å². The molecule has 1 unspecified atom stereocenters. The van der Waals surface area contributed by atoms with Crippen LogP contribution in [0.15, 0.2) is 16.8 Å². The van der Waals surface area contributed by atoms with E-state index in [0.717, 1.165) is 6.04 Å². The molecule has 1 saturated carbocycles. The smallest absolute Gasteiger partial charge is 0.00684 e. The van der Waals surface area contributed by atoms with Crippen molar-refractivity contribution in [2.24, 2.45) is 5.41 Å². The fraction of sp³-hybridized carbons (Fsp3) is 0.765. The summed E-state index contributed by atoms with van der Waals surface area (Å²) >= 11 is 1.83. The molecule has 0 saturated heterocycles. The zero-order valence-electron chi connectivity index (χ0n) is 12.6. The van der Waals surface area contributed by atoms with Crippen molar-refractivity contribution in [2.75, 3.05) is 6.54 Å². The maximum absolute atomic E-state index is 3.79. The number of hydrogen-bond acceptors (Lipinski definition) is 2. The Hall–Kier alpha value is -0.340. The third-order valence-electron chi connectivity index (χ3n) is 4.68. The van der Waals surface area contributed by atoms with E-state index in [4.69, 9.17) is 0 Å². The van der Waals surface area contributed by atoms with E-state index < -0.39 is 0 Å².